The maximum absolute atomic E-state index is 4.46. The number of nitrogens with zero attached hydrogens (tertiary/aromatic N) is 1. The van der Waals surface area contributed by atoms with Crippen molar-refractivity contribution in [2.24, 2.45) is 4.99 Å². The lowest BCUT2D eigenvalue weighted by Gasteiger charge is -2.20. The molecule has 0 unspecified atom stereocenters. The van der Waals surface area contributed by atoms with Crippen molar-refractivity contribution in [1.29, 1.82) is 0 Å². The van der Waals surface area contributed by atoms with Crippen molar-refractivity contribution < 1.29 is 0 Å². The fourth-order valence-corrected chi connectivity index (χ4v) is 2.14. The molecule has 0 fully saturated rings. The van der Waals surface area contributed by atoms with Crippen molar-refractivity contribution >= 4 is 11.6 Å². The maximum atomic E-state index is 4.46. The molecule has 0 bridgehead atoms. The number of rotatable bonds is 1. The third-order valence-electron chi connectivity index (χ3n) is 3.51. The second kappa shape index (κ2) is 4.78. The number of nitrogens with one attached hydrogen (secondary N) is 2. The Hall–Kier alpha value is -1.51. The van der Waals surface area contributed by atoms with Crippen molar-refractivity contribution in [3.05, 3.63) is 28.3 Å². The molecular weight excluding hydrogens is 210 g/mol. The molecule has 1 aliphatic heterocycles. The van der Waals surface area contributed by atoms with E-state index in [0.29, 0.717) is 0 Å². The molecule has 92 valence electrons. The first-order chi connectivity index (χ1) is 8.09. The van der Waals surface area contributed by atoms with Crippen molar-refractivity contribution in [3.63, 3.8) is 0 Å². The Kier molecular flexibility index (Phi) is 3.36. The highest BCUT2D eigenvalue weighted by atomic mass is 15.2. The summed E-state index contributed by atoms with van der Waals surface area (Å²) >= 11 is 0. The Morgan fingerprint density at radius 3 is 2.29 bits per heavy atom. The van der Waals surface area contributed by atoms with Gasteiger partial charge in [-0.05, 0) is 56.4 Å². The monoisotopic (exact) mass is 231 g/mol. The van der Waals surface area contributed by atoms with Gasteiger partial charge in [-0.25, -0.2) is 0 Å². The van der Waals surface area contributed by atoms with E-state index in [4.69, 9.17) is 0 Å². The minimum Gasteiger partial charge on any atom is -0.356 e. The molecule has 3 heteroatoms. The van der Waals surface area contributed by atoms with Gasteiger partial charge in [0.25, 0.3) is 0 Å². The van der Waals surface area contributed by atoms with E-state index in [1.165, 1.54) is 27.9 Å². The Labute approximate surface area is 103 Å². The van der Waals surface area contributed by atoms with Crippen LogP contribution in [0.25, 0.3) is 0 Å². The average Bonchev–Trinajstić information content (AvgIpc) is 2.33. The minimum atomic E-state index is 0.910. The number of guanidine groups is 1. The first kappa shape index (κ1) is 12.0. The van der Waals surface area contributed by atoms with Gasteiger partial charge in [0.2, 0.25) is 0 Å². The van der Waals surface area contributed by atoms with Gasteiger partial charge in [-0.3, -0.25) is 4.99 Å². The van der Waals surface area contributed by atoms with Crippen molar-refractivity contribution in [2.45, 2.75) is 34.1 Å². The molecule has 1 heterocycles. The van der Waals surface area contributed by atoms with Gasteiger partial charge in [0, 0.05) is 18.8 Å². The van der Waals surface area contributed by atoms with Crippen LogP contribution in [0.4, 0.5) is 5.69 Å². The molecule has 0 saturated heterocycles. The van der Waals surface area contributed by atoms with Crippen molar-refractivity contribution in [2.75, 3.05) is 18.4 Å². The molecule has 1 aromatic rings. The van der Waals surface area contributed by atoms with Gasteiger partial charge >= 0.3 is 0 Å². The summed E-state index contributed by atoms with van der Waals surface area (Å²) in [7, 11) is 0. The summed E-state index contributed by atoms with van der Waals surface area (Å²) in [4.78, 5) is 4.46. The van der Waals surface area contributed by atoms with Gasteiger partial charge in [0.05, 0.1) is 0 Å². The number of benzene rings is 1. The van der Waals surface area contributed by atoms with Gasteiger partial charge in [-0.15, -0.1) is 0 Å². The summed E-state index contributed by atoms with van der Waals surface area (Å²) in [6.07, 6.45) is 1.12. The minimum absolute atomic E-state index is 0.910. The molecule has 2 N–H and O–H groups in total. The molecule has 17 heavy (non-hydrogen) atoms. The van der Waals surface area contributed by atoms with Gasteiger partial charge in [0.15, 0.2) is 5.96 Å². The molecule has 1 aromatic carbocycles. The van der Waals surface area contributed by atoms with Crippen LogP contribution in [0.2, 0.25) is 0 Å². The Morgan fingerprint density at radius 2 is 1.76 bits per heavy atom. The van der Waals surface area contributed by atoms with Gasteiger partial charge in [0.1, 0.15) is 0 Å². The Morgan fingerprint density at radius 1 is 1.12 bits per heavy atom. The highest BCUT2D eigenvalue weighted by Crippen LogP contribution is 2.26. The smallest absolute Gasteiger partial charge is 0.195 e. The summed E-state index contributed by atoms with van der Waals surface area (Å²) in [6.45, 7) is 10.6. The molecule has 3 nitrogen and oxygen atoms in total. The van der Waals surface area contributed by atoms with E-state index < -0.39 is 0 Å². The Balaban J connectivity index is 2.34. The van der Waals surface area contributed by atoms with Gasteiger partial charge in [-0.2, -0.15) is 0 Å². The van der Waals surface area contributed by atoms with Crippen LogP contribution in [-0.4, -0.2) is 19.0 Å². The number of aliphatic imine (C=N–C) groups is 1. The molecule has 0 radical (unpaired) electrons. The van der Waals surface area contributed by atoms with Crippen LogP contribution < -0.4 is 10.6 Å². The summed E-state index contributed by atoms with van der Waals surface area (Å²) in [5.41, 5.74) is 6.47. The van der Waals surface area contributed by atoms with E-state index >= 15 is 0 Å². The number of hydrogen-bond acceptors (Lipinski definition) is 3. The van der Waals surface area contributed by atoms with E-state index in [1.807, 2.05) is 0 Å². The highest BCUT2D eigenvalue weighted by molar-refractivity contribution is 5.95. The van der Waals surface area contributed by atoms with E-state index in [1.54, 1.807) is 0 Å². The Bertz CT molecular complexity index is 435. The van der Waals surface area contributed by atoms with E-state index in [0.717, 1.165) is 25.5 Å². The maximum Gasteiger partial charge on any atom is 0.195 e. The third kappa shape index (κ3) is 2.43. The van der Waals surface area contributed by atoms with Crippen LogP contribution in [0.1, 0.15) is 28.7 Å². The van der Waals surface area contributed by atoms with Crippen LogP contribution >= 0.6 is 0 Å². The quantitative estimate of drug-likeness (QED) is 0.779. The lowest BCUT2D eigenvalue weighted by atomic mass is 9.99. The molecule has 0 aliphatic carbocycles. The van der Waals surface area contributed by atoms with E-state index in [2.05, 4.69) is 49.4 Å². The SMILES string of the molecule is Cc1cc(C)c(C)c(NC2=NCCCN2)c1C. The summed E-state index contributed by atoms with van der Waals surface area (Å²) in [5.74, 6) is 0.910. The standard InChI is InChI=1S/C14H21N3/c1-9-8-10(2)12(4)13(11(9)3)17-14-15-6-5-7-16-14/h8H,5-7H2,1-4H3,(H2,15,16,17). The van der Waals surface area contributed by atoms with Crippen molar-refractivity contribution in [3.8, 4) is 0 Å². The van der Waals surface area contributed by atoms with Gasteiger partial charge in [-0.1, -0.05) is 6.07 Å². The van der Waals surface area contributed by atoms with Crippen molar-refractivity contribution in [1.82, 2.24) is 5.32 Å². The molecule has 0 aromatic heterocycles. The number of aryl methyl sites for hydroxylation is 2. The summed E-state index contributed by atoms with van der Waals surface area (Å²) < 4.78 is 0. The predicted molar refractivity (Wildman–Crippen MR) is 73.9 cm³/mol. The number of anilines is 1. The molecule has 2 rings (SSSR count). The fraction of sp³-hybridized carbons (Fsp3) is 0.500. The molecule has 0 saturated carbocycles. The molecular formula is C14H21N3. The van der Waals surface area contributed by atoms with Crippen LogP contribution in [0.3, 0.4) is 0 Å². The first-order valence-electron chi connectivity index (χ1n) is 6.22. The van der Waals surface area contributed by atoms with Crippen LogP contribution in [0.15, 0.2) is 11.1 Å². The third-order valence-corrected chi connectivity index (χ3v) is 3.51. The second-order valence-corrected chi connectivity index (χ2v) is 4.77. The lowest BCUT2D eigenvalue weighted by Crippen LogP contribution is -2.35. The van der Waals surface area contributed by atoms with Crippen LogP contribution in [0.5, 0.6) is 0 Å². The largest absolute Gasteiger partial charge is 0.356 e. The predicted octanol–water partition coefficient (Wildman–Crippen LogP) is 2.68. The fourth-order valence-electron chi connectivity index (χ4n) is 2.14. The zero-order valence-corrected chi connectivity index (χ0v) is 11.1. The molecule has 0 spiro atoms. The van der Waals surface area contributed by atoms with E-state index in [9.17, 15) is 0 Å². The van der Waals surface area contributed by atoms with Gasteiger partial charge < -0.3 is 10.6 Å². The highest BCUT2D eigenvalue weighted by Gasteiger charge is 2.11. The first-order valence-corrected chi connectivity index (χ1v) is 6.22. The summed E-state index contributed by atoms with van der Waals surface area (Å²) in [5, 5.41) is 6.74. The normalized spacial score (nSPS) is 15.2. The van der Waals surface area contributed by atoms with Crippen LogP contribution in [-0.2, 0) is 0 Å². The lowest BCUT2D eigenvalue weighted by molar-refractivity contribution is 0.740. The second-order valence-electron chi connectivity index (χ2n) is 4.77. The summed E-state index contributed by atoms with van der Waals surface area (Å²) in [6, 6.07) is 2.24. The zero-order chi connectivity index (χ0) is 12.4. The molecule has 0 atom stereocenters. The molecule has 1 aliphatic rings. The van der Waals surface area contributed by atoms with Crippen LogP contribution in [0, 0.1) is 27.7 Å². The molecule has 0 amide bonds. The average molecular weight is 231 g/mol. The van der Waals surface area contributed by atoms with E-state index in [-0.39, 0.29) is 0 Å². The topological polar surface area (TPSA) is 36.4 Å². The zero-order valence-electron chi connectivity index (χ0n) is 11.1. The number of hydrogen-bond donors (Lipinski definition) is 2.